The van der Waals surface area contributed by atoms with Crippen LogP contribution in [0.15, 0.2) is 35.5 Å². The van der Waals surface area contributed by atoms with Crippen LogP contribution < -0.4 is 5.73 Å². The monoisotopic (exact) mass is 266 g/mol. The summed E-state index contributed by atoms with van der Waals surface area (Å²) in [5, 5.41) is 0. The summed E-state index contributed by atoms with van der Waals surface area (Å²) in [5.74, 6) is 0.527. The van der Waals surface area contributed by atoms with Crippen molar-refractivity contribution in [2.45, 2.75) is 24.0 Å². The summed E-state index contributed by atoms with van der Waals surface area (Å²) in [6, 6.07) is 5.85. The van der Waals surface area contributed by atoms with Crippen LogP contribution in [0, 0.1) is 0 Å². The Hall–Kier alpha value is -1.20. The van der Waals surface area contributed by atoms with E-state index in [2.05, 4.69) is 18.0 Å². The third kappa shape index (κ3) is 2.92. The second-order valence-corrected chi connectivity index (χ2v) is 6.30. The number of thiophene rings is 1. The van der Waals surface area contributed by atoms with Gasteiger partial charge in [-0.3, -0.25) is 9.19 Å². The Kier molecular flexibility index (Phi) is 3.91. The van der Waals surface area contributed by atoms with Crippen molar-refractivity contribution in [3.05, 3.63) is 40.3 Å². The standard InChI is InChI=1S/C12H14N2OS2/c1-2-9-3-4-10(16-9)8-17(15)12-5-6-14-7-11(12)13/h3-7H,2,8,13H2,1H3. The Bertz CT molecular complexity index is 537. The van der Waals surface area contributed by atoms with Crippen LogP contribution in [0.1, 0.15) is 16.7 Å². The first-order chi connectivity index (χ1) is 8.20. The Balaban J connectivity index is 2.14. The molecule has 0 spiro atoms. The van der Waals surface area contributed by atoms with E-state index in [0.29, 0.717) is 16.3 Å². The molecule has 2 N–H and O–H groups in total. The molecule has 0 aliphatic heterocycles. The van der Waals surface area contributed by atoms with Gasteiger partial charge in [0.05, 0.1) is 33.3 Å². The highest BCUT2D eigenvalue weighted by Gasteiger charge is 2.10. The van der Waals surface area contributed by atoms with E-state index in [1.165, 1.54) is 4.88 Å². The summed E-state index contributed by atoms with van der Waals surface area (Å²) in [7, 11) is -1.09. The number of pyridine rings is 1. The number of nitrogens with zero attached hydrogens (tertiary/aromatic N) is 1. The maximum absolute atomic E-state index is 12.1. The van der Waals surface area contributed by atoms with Gasteiger partial charge in [0.15, 0.2) is 0 Å². The summed E-state index contributed by atoms with van der Waals surface area (Å²) in [6.07, 6.45) is 4.18. The first-order valence-electron chi connectivity index (χ1n) is 5.36. The van der Waals surface area contributed by atoms with E-state index < -0.39 is 10.8 Å². The van der Waals surface area contributed by atoms with Gasteiger partial charge < -0.3 is 5.73 Å². The van der Waals surface area contributed by atoms with Gasteiger partial charge in [-0.1, -0.05) is 6.92 Å². The van der Waals surface area contributed by atoms with Crippen LogP contribution in [0.2, 0.25) is 0 Å². The van der Waals surface area contributed by atoms with Crippen molar-refractivity contribution in [1.29, 1.82) is 0 Å². The third-order valence-corrected chi connectivity index (χ3v) is 5.24. The Morgan fingerprint density at radius 1 is 1.35 bits per heavy atom. The van der Waals surface area contributed by atoms with Crippen molar-refractivity contribution in [2.24, 2.45) is 0 Å². The summed E-state index contributed by atoms with van der Waals surface area (Å²) >= 11 is 1.71. The highest BCUT2D eigenvalue weighted by Crippen LogP contribution is 2.22. The Morgan fingerprint density at radius 2 is 2.12 bits per heavy atom. The summed E-state index contributed by atoms with van der Waals surface area (Å²) < 4.78 is 12.1. The Labute approximate surface area is 107 Å². The first kappa shape index (κ1) is 12.3. The average molecular weight is 266 g/mol. The highest BCUT2D eigenvalue weighted by molar-refractivity contribution is 7.84. The second kappa shape index (κ2) is 5.42. The maximum atomic E-state index is 12.1. The van der Waals surface area contributed by atoms with Gasteiger partial charge in [0.2, 0.25) is 0 Å². The van der Waals surface area contributed by atoms with Gasteiger partial charge in [0, 0.05) is 16.0 Å². The first-order valence-corrected chi connectivity index (χ1v) is 7.49. The van der Waals surface area contributed by atoms with Gasteiger partial charge >= 0.3 is 0 Å². The molecular formula is C12H14N2OS2. The minimum atomic E-state index is -1.09. The molecule has 3 nitrogen and oxygen atoms in total. The number of nitrogens with two attached hydrogens (primary N) is 1. The predicted octanol–water partition coefficient (Wildman–Crippen LogP) is 2.60. The van der Waals surface area contributed by atoms with Crippen molar-refractivity contribution in [3.8, 4) is 0 Å². The molecule has 90 valence electrons. The fourth-order valence-corrected chi connectivity index (χ4v) is 3.85. The molecule has 0 radical (unpaired) electrons. The minimum Gasteiger partial charge on any atom is -0.396 e. The van der Waals surface area contributed by atoms with Crippen LogP contribution in [0.3, 0.4) is 0 Å². The minimum absolute atomic E-state index is 0.498. The van der Waals surface area contributed by atoms with E-state index in [1.807, 2.05) is 6.07 Å². The van der Waals surface area contributed by atoms with Gasteiger partial charge in [-0.15, -0.1) is 11.3 Å². The van der Waals surface area contributed by atoms with Crippen LogP contribution in [0.5, 0.6) is 0 Å². The fourth-order valence-electron chi connectivity index (χ4n) is 1.50. The second-order valence-electron chi connectivity index (χ2n) is 3.62. The fraction of sp³-hybridized carbons (Fsp3) is 0.250. The largest absolute Gasteiger partial charge is 0.396 e. The number of rotatable bonds is 4. The molecule has 0 aliphatic carbocycles. The quantitative estimate of drug-likeness (QED) is 0.925. The van der Waals surface area contributed by atoms with Gasteiger partial charge in [-0.05, 0) is 24.6 Å². The molecule has 5 heteroatoms. The van der Waals surface area contributed by atoms with Crippen LogP contribution in [-0.2, 0) is 23.0 Å². The molecule has 17 heavy (non-hydrogen) atoms. The highest BCUT2D eigenvalue weighted by atomic mass is 32.2. The van der Waals surface area contributed by atoms with Gasteiger partial charge in [0.1, 0.15) is 0 Å². The number of aromatic nitrogens is 1. The van der Waals surface area contributed by atoms with E-state index in [9.17, 15) is 4.21 Å². The lowest BCUT2D eigenvalue weighted by Gasteiger charge is -2.03. The van der Waals surface area contributed by atoms with Crippen LogP contribution in [0.4, 0.5) is 5.69 Å². The topological polar surface area (TPSA) is 56.0 Å². The van der Waals surface area contributed by atoms with E-state index >= 15 is 0 Å². The summed E-state index contributed by atoms with van der Waals surface area (Å²) in [5.41, 5.74) is 6.25. The zero-order valence-corrected chi connectivity index (χ0v) is 11.2. The SMILES string of the molecule is CCc1ccc(CS(=O)c2ccncc2N)s1. The molecule has 0 saturated carbocycles. The molecule has 0 amide bonds. The maximum Gasteiger partial charge on any atom is 0.0664 e. The number of hydrogen-bond donors (Lipinski definition) is 1. The Morgan fingerprint density at radius 3 is 2.76 bits per heavy atom. The smallest absolute Gasteiger partial charge is 0.0664 e. The van der Waals surface area contributed by atoms with Crippen molar-refractivity contribution in [1.82, 2.24) is 4.98 Å². The zero-order valence-electron chi connectivity index (χ0n) is 9.55. The molecule has 0 saturated heterocycles. The predicted molar refractivity (Wildman–Crippen MR) is 72.5 cm³/mol. The van der Waals surface area contributed by atoms with Crippen LogP contribution >= 0.6 is 11.3 Å². The molecule has 2 aromatic heterocycles. The number of hydrogen-bond acceptors (Lipinski definition) is 4. The number of nitrogen functional groups attached to an aromatic ring is 1. The summed E-state index contributed by atoms with van der Waals surface area (Å²) in [4.78, 5) is 7.02. The van der Waals surface area contributed by atoms with E-state index in [1.54, 1.807) is 29.8 Å². The van der Waals surface area contributed by atoms with Gasteiger partial charge in [-0.25, -0.2) is 0 Å². The molecule has 1 atom stereocenters. The third-order valence-electron chi connectivity index (χ3n) is 2.39. The number of aryl methyl sites for hydroxylation is 1. The molecule has 0 bridgehead atoms. The van der Waals surface area contributed by atoms with Crippen LogP contribution in [-0.4, -0.2) is 9.19 Å². The lowest BCUT2D eigenvalue weighted by molar-refractivity contribution is 0.683. The van der Waals surface area contributed by atoms with Crippen molar-refractivity contribution in [2.75, 3.05) is 5.73 Å². The lowest BCUT2D eigenvalue weighted by atomic mass is 10.4. The van der Waals surface area contributed by atoms with Gasteiger partial charge in [-0.2, -0.15) is 0 Å². The molecule has 0 aromatic carbocycles. The molecule has 2 rings (SSSR count). The molecule has 2 heterocycles. The molecule has 1 unspecified atom stereocenters. The molecular weight excluding hydrogens is 252 g/mol. The van der Waals surface area contributed by atoms with Gasteiger partial charge in [0.25, 0.3) is 0 Å². The number of anilines is 1. The van der Waals surface area contributed by atoms with E-state index in [-0.39, 0.29) is 0 Å². The summed E-state index contributed by atoms with van der Waals surface area (Å²) in [6.45, 7) is 2.12. The zero-order chi connectivity index (χ0) is 12.3. The molecule has 2 aromatic rings. The molecule has 0 aliphatic rings. The van der Waals surface area contributed by atoms with E-state index in [4.69, 9.17) is 5.73 Å². The van der Waals surface area contributed by atoms with Crippen LogP contribution in [0.25, 0.3) is 0 Å². The normalized spacial score (nSPS) is 12.5. The lowest BCUT2D eigenvalue weighted by Crippen LogP contribution is -2.00. The van der Waals surface area contributed by atoms with Crippen molar-refractivity contribution in [3.63, 3.8) is 0 Å². The molecule has 0 fully saturated rings. The average Bonchev–Trinajstić information content (AvgIpc) is 2.77. The van der Waals surface area contributed by atoms with Crippen molar-refractivity contribution >= 4 is 27.8 Å². The van der Waals surface area contributed by atoms with Crippen molar-refractivity contribution < 1.29 is 4.21 Å². The van der Waals surface area contributed by atoms with E-state index in [0.717, 1.165) is 11.3 Å².